The Bertz CT molecular complexity index is 720. The fraction of sp³-hybridized carbons (Fsp3) is 0.312. The summed E-state index contributed by atoms with van der Waals surface area (Å²) >= 11 is 0. The van der Waals surface area contributed by atoms with E-state index < -0.39 is 0 Å². The molecule has 1 heterocycles. The third kappa shape index (κ3) is 3.56. The Morgan fingerprint density at radius 3 is 2.71 bits per heavy atom. The first-order valence-corrected chi connectivity index (χ1v) is 6.98. The van der Waals surface area contributed by atoms with Crippen LogP contribution in [-0.2, 0) is 6.54 Å². The van der Waals surface area contributed by atoms with Crippen molar-refractivity contribution in [2.75, 3.05) is 5.32 Å². The lowest BCUT2D eigenvalue weighted by molar-refractivity contribution is 0.101. The Hall–Kier alpha value is -2.43. The first-order chi connectivity index (χ1) is 10.0. The van der Waals surface area contributed by atoms with Gasteiger partial charge in [-0.15, -0.1) is 0 Å². The van der Waals surface area contributed by atoms with E-state index in [1.807, 2.05) is 39.0 Å². The van der Waals surface area contributed by atoms with E-state index in [1.165, 1.54) is 16.8 Å². The highest BCUT2D eigenvalue weighted by Crippen LogP contribution is 2.16. The zero-order valence-electron chi connectivity index (χ0n) is 12.5. The van der Waals surface area contributed by atoms with Crippen molar-refractivity contribution in [1.29, 1.82) is 0 Å². The van der Waals surface area contributed by atoms with Crippen molar-refractivity contribution < 1.29 is 4.79 Å². The maximum atomic E-state index is 12.3. The van der Waals surface area contributed by atoms with Gasteiger partial charge >= 0.3 is 0 Å². The molecule has 21 heavy (non-hydrogen) atoms. The minimum atomic E-state index is -0.312. The largest absolute Gasteiger partial charge is 0.320 e. The molecule has 2 aromatic rings. The number of carbonyl (C=O) groups is 1. The van der Waals surface area contributed by atoms with Crippen molar-refractivity contribution in [2.45, 2.75) is 33.7 Å². The van der Waals surface area contributed by atoms with Crippen molar-refractivity contribution in [3.63, 3.8) is 0 Å². The van der Waals surface area contributed by atoms with Gasteiger partial charge in [0, 0.05) is 18.3 Å². The van der Waals surface area contributed by atoms with E-state index in [0.717, 1.165) is 23.2 Å². The Morgan fingerprint density at radius 1 is 1.24 bits per heavy atom. The number of anilines is 1. The predicted molar refractivity (Wildman–Crippen MR) is 82.7 cm³/mol. The number of benzene rings is 1. The van der Waals surface area contributed by atoms with Crippen molar-refractivity contribution in [3.8, 4) is 0 Å². The van der Waals surface area contributed by atoms with E-state index in [1.54, 1.807) is 0 Å². The minimum absolute atomic E-state index is 0.194. The predicted octanol–water partition coefficient (Wildman–Crippen LogP) is 2.52. The molecule has 0 saturated heterocycles. The molecular weight excluding hydrogens is 266 g/mol. The second kappa shape index (κ2) is 6.35. The number of nitrogens with zero attached hydrogens (tertiary/aromatic N) is 2. The summed E-state index contributed by atoms with van der Waals surface area (Å²) in [5, 5.41) is 6.94. The van der Waals surface area contributed by atoms with Crippen LogP contribution < -0.4 is 10.9 Å². The number of nitrogens with one attached hydrogen (secondary N) is 1. The molecule has 0 spiro atoms. The molecule has 110 valence electrons. The van der Waals surface area contributed by atoms with Crippen LogP contribution in [-0.4, -0.2) is 15.7 Å². The highest BCUT2D eigenvalue weighted by molar-refractivity contribution is 6.03. The van der Waals surface area contributed by atoms with Crippen LogP contribution in [0.25, 0.3) is 0 Å². The molecule has 1 N–H and O–H groups in total. The number of aromatic nitrogens is 2. The topological polar surface area (TPSA) is 64.0 Å². The number of hydrogen-bond donors (Lipinski definition) is 1. The third-order valence-electron chi connectivity index (χ3n) is 3.18. The fourth-order valence-corrected chi connectivity index (χ4v) is 2.00. The second-order valence-corrected chi connectivity index (χ2v) is 5.05. The molecule has 0 bridgehead atoms. The maximum Gasteiger partial charge on any atom is 0.276 e. The molecule has 0 atom stereocenters. The molecule has 0 aliphatic carbocycles. The maximum absolute atomic E-state index is 12.3. The van der Waals surface area contributed by atoms with Gasteiger partial charge < -0.3 is 5.32 Å². The van der Waals surface area contributed by atoms with Gasteiger partial charge in [-0.2, -0.15) is 5.10 Å². The Kier molecular flexibility index (Phi) is 4.52. The molecule has 0 unspecified atom stereocenters. The van der Waals surface area contributed by atoms with Crippen LogP contribution in [0.4, 0.5) is 5.69 Å². The van der Waals surface area contributed by atoms with Crippen LogP contribution in [0.5, 0.6) is 0 Å². The van der Waals surface area contributed by atoms with Crippen LogP contribution >= 0.6 is 0 Å². The summed E-state index contributed by atoms with van der Waals surface area (Å²) in [5.41, 5.74) is 2.86. The lowest BCUT2D eigenvalue weighted by atomic mass is 10.1. The van der Waals surface area contributed by atoms with Gasteiger partial charge in [0.25, 0.3) is 11.5 Å². The first kappa shape index (κ1) is 15.0. The van der Waals surface area contributed by atoms with Crippen LogP contribution in [0.1, 0.15) is 35.0 Å². The normalized spacial score (nSPS) is 10.4. The highest BCUT2D eigenvalue weighted by atomic mass is 16.2. The number of hydrogen-bond acceptors (Lipinski definition) is 3. The standard InChI is InChI=1S/C16H19N3O2/c1-4-9-19-15(20)8-7-13(18-19)16(21)17-14-10-11(2)5-6-12(14)3/h5-8,10H,4,9H2,1-3H3,(H,17,21). The fourth-order valence-electron chi connectivity index (χ4n) is 2.00. The van der Waals surface area contributed by atoms with E-state index in [-0.39, 0.29) is 17.2 Å². The van der Waals surface area contributed by atoms with E-state index in [9.17, 15) is 9.59 Å². The Morgan fingerprint density at radius 2 is 2.00 bits per heavy atom. The summed E-state index contributed by atoms with van der Waals surface area (Å²) in [6.07, 6.45) is 0.787. The van der Waals surface area contributed by atoms with E-state index in [2.05, 4.69) is 10.4 Å². The van der Waals surface area contributed by atoms with Crippen LogP contribution in [0.2, 0.25) is 0 Å². The SMILES string of the molecule is CCCn1nc(C(=O)Nc2cc(C)ccc2C)ccc1=O. The zero-order chi connectivity index (χ0) is 15.4. The van der Waals surface area contributed by atoms with Gasteiger partial charge in [0.15, 0.2) is 0 Å². The zero-order valence-corrected chi connectivity index (χ0v) is 12.5. The summed E-state index contributed by atoms with van der Waals surface area (Å²) in [5.74, 6) is -0.312. The second-order valence-electron chi connectivity index (χ2n) is 5.05. The molecule has 1 aromatic carbocycles. The summed E-state index contributed by atoms with van der Waals surface area (Å²) in [7, 11) is 0. The lowest BCUT2D eigenvalue weighted by Gasteiger charge is -2.10. The van der Waals surface area contributed by atoms with E-state index >= 15 is 0 Å². The Labute approximate surface area is 123 Å². The van der Waals surface area contributed by atoms with Crippen LogP contribution in [0, 0.1) is 13.8 Å². The van der Waals surface area contributed by atoms with Crippen molar-refractivity contribution >= 4 is 11.6 Å². The molecular formula is C16H19N3O2. The molecule has 1 amide bonds. The molecule has 0 aliphatic rings. The minimum Gasteiger partial charge on any atom is -0.320 e. The highest BCUT2D eigenvalue weighted by Gasteiger charge is 2.11. The summed E-state index contributed by atoms with van der Waals surface area (Å²) in [6.45, 7) is 6.36. The van der Waals surface area contributed by atoms with Gasteiger partial charge in [-0.1, -0.05) is 19.1 Å². The van der Waals surface area contributed by atoms with Gasteiger partial charge in [-0.3, -0.25) is 9.59 Å². The molecule has 0 saturated carbocycles. The van der Waals surface area contributed by atoms with E-state index in [0.29, 0.717) is 6.54 Å². The lowest BCUT2D eigenvalue weighted by Crippen LogP contribution is -2.26. The number of rotatable bonds is 4. The molecule has 5 heteroatoms. The molecule has 5 nitrogen and oxygen atoms in total. The van der Waals surface area contributed by atoms with Gasteiger partial charge in [-0.05, 0) is 43.5 Å². The molecule has 2 rings (SSSR count). The van der Waals surface area contributed by atoms with Gasteiger partial charge in [0.1, 0.15) is 5.69 Å². The molecule has 1 aromatic heterocycles. The van der Waals surface area contributed by atoms with Gasteiger partial charge in [0.2, 0.25) is 0 Å². The average molecular weight is 285 g/mol. The van der Waals surface area contributed by atoms with E-state index in [4.69, 9.17) is 0 Å². The summed E-state index contributed by atoms with van der Waals surface area (Å²) < 4.78 is 1.32. The Balaban J connectivity index is 2.26. The average Bonchev–Trinajstić information content (AvgIpc) is 2.45. The van der Waals surface area contributed by atoms with Crippen LogP contribution in [0.3, 0.4) is 0 Å². The summed E-state index contributed by atoms with van der Waals surface area (Å²) in [6, 6.07) is 8.69. The quantitative estimate of drug-likeness (QED) is 0.938. The monoisotopic (exact) mass is 285 g/mol. The first-order valence-electron chi connectivity index (χ1n) is 6.98. The summed E-state index contributed by atoms with van der Waals surface area (Å²) in [4.78, 5) is 23.9. The van der Waals surface area contributed by atoms with Crippen molar-refractivity contribution in [2.24, 2.45) is 0 Å². The van der Waals surface area contributed by atoms with Gasteiger partial charge in [0.05, 0.1) is 0 Å². The van der Waals surface area contributed by atoms with Crippen molar-refractivity contribution in [3.05, 3.63) is 57.5 Å². The smallest absolute Gasteiger partial charge is 0.276 e. The number of aryl methyl sites for hydroxylation is 3. The number of carbonyl (C=O) groups excluding carboxylic acids is 1. The third-order valence-corrected chi connectivity index (χ3v) is 3.18. The van der Waals surface area contributed by atoms with Crippen LogP contribution in [0.15, 0.2) is 35.1 Å². The molecule has 0 radical (unpaired) electrons. The van der Waals surface area contributed by atoms with Gasteiger partial charge in [-0.25, -0.2) is 4.68 Å². The van der Waals surface area contributed by atoms with Crippen molar-refractivity contribution in [1.82, 2.24) is 9.78 Å². The number of amides is 1. The molecule has 0 aliphatic heterocycles. The molecule has 0 fully saturated rings.